The number of rotatable bonds is 5. The van der Waals surface area contributed by atoms with Gasteiger partial charge in [0.15, 0.2) is 0 Å². The van der Waals surface area contributed by atoms with Crippen LogP contribution in [0, 0.1) is 0 Å². The van der Waals surface area contributed by atoms with Crippen LogP contribution in [0.25, 0.3) is 0 Å². The third kappa shape index (κ3) is 3.53. The van der Waals surface area contributed by atoms with E-state index in [1.807, 2.05) is 56.3 Å². The Balaban J connectivity index is 1.48. The largest absolute Gasteiger partial charge is 0.494 e. The minimum Gasteiger partial charge on any atom is -0.494 e. The van der Waals surface area contributed by atoms with Gasteiger partial charge in [0.2, 0.25) is 0 Å². The molecule has 0 saturated carbocycles. The standard InChI is InChI=1S/C22H22N4O2/c1-3-28-18-10-8-17(9-11-18)25-21-14-23-19(13-24-21)22(27)26-15(2)12-16-6-4-5-7-20(16)26/h4-11,13-15H,3,12H2,1-2H3,(H,24,25). The summed E-state index contributed by atoms with van der Waals surface area (Å²) in [5.41, 5.74) is 3.35. The zero-order valence-electron chi connectivity index (χ0n) is 15.9. The van der Waals surface area contributed by atoms with Crippen LogP contribution in [0.4, 0.5) is 17.2 Å². The predicted molar refractivity (Wildman–Crippen MR) is 109 cm³/mol. The Morgan fingerprint density at radius 1 is 1.14 bits per heavy atom. The Hall–Kier alpha value is -3.41. The van der Waals surface area contributed by atoms with Gasteiger partial charge < -0.3 is 15.0 Å². The summed E-state index contributed by atoms with van der Waals surface area (Å²) in [6.45, 7) is 4.63. The SMILES string of the molecule is CCOc1ccc(Nc2cnc(C(=O)N3c4ccccc4CC3C)cn2)cc1. The third-order valence-electron chi connectivity index (χ3n) is 4.73. The van der Waals surface area contributed by atoms with Crippen molar-refractivity contribution in [2.24, 2.45) is 0 Å². The lowest BCUT2D eigenvalue weighted by Gasteiger charge is -2.22. The van der Waals surface area contributed by atoms with Crippen molar-refractivity contribution < 1.29 is 9.53 Å². The highest BCUT2D eigenvalue weighted by molar-refractivity contribution is 6.06. The molecule has 1 aromatic heterocycles. The number of benzene rings is 2. The minimum absolute atomic E-state index is 0.105. The fourth-order valence-corrected chi connectivity index (χ4v) is 3.45. The number of amides is 1. The highest BCUT2D eigenvalue weighted by Gasteiger charge is 2.31. The second kappa shape index (κ2) is 7.68. The Morgan fingerprint density at radius 3 is 2.64 bits per heavy atom. The molecule has 1 atom stereocenters. The molecule has 2 aromatic carbocycles. The monoisotopic (exact) mass is 374 g/mol. The van der Waals surface area contributed by atoms with Gasteiger partial charge in [-0.2, -0.15) is 0 Å². The number of aromatic nitrogens is 2. The zero-order valence-corrected chi connectivity index (χ0v) is 15.9. The lowest BCUT2D eigenvalue weighted by molar-refractivity contribution is 0.0976. The fourth-order valence-electron chi connectivity index (χ4n) is 3.45. The molecule has 0 spiro atoms. The van der Waals surface area contributed by atoms with Crippen LogP contribution in [0.15, 0.2) is 60.9 Å². The van der Waals surface area contributed by atoms with Crippen LogP contribution >= 0.6 is 0 Å². The van der Waals surface area contributed by atoms with Crippen LogP contribution in [-0.4, -0.2) is 28.5 Å². The van der Waals surface area contributed by atoms with Gasteiger partial charge >= 0.3 is 0 Å². The molecule has 2 heterocycles. The van der Waals surface area contributed by atoms with E-state index in [0.29, 0.717) is 18.1 Å². The van der Waals surface area contributed by atoms with Gasteiger partial charge in [0.25, 0.3) is 5.91 Å². The van der Waals surface area contributed by atoms with Crippen molar-refractivity contribution in [3.63, 3.8) is 0 Å². The first kappa shape index (κ1) is 18.0. The minimum atomic E-state index is -0.127. The quantitative estimate of drug-likeness (QED) is 0.725. The highest BCUT2D eigenvalue weighted by Crippen LogP contribution is 2.32. The summed E-state index contributed by atoms with van der Waals surface area (Å²) in [7, 11) is 0. The summed E-state index contributed by atoms with van der Waals surface area (Å²) in [5, 5.41) is 3.18. The van der Waals surface area contributed by atoms with Crippen molar-refractivity contribution in [2.45, 2.75) is 26.3 Å². The van der Waals surface area contributed by atoms with Crippen LogP contribution in [0.5, 0.6) is 5.75 Å². The van der Waals surface area contributed by atoms with Gasteiger partial charge in [-0.15, -0.1) is 0 Å². The summed E-state index contributed by atoms with van der Waals surface area (Å²) in [5.74, 6) is 1.27. The second-order valence-electron chi connectivity index (χ2n) is 6.73. The van der Waals surface area contributed by atoms with Crippen molar-refractivity contribution in [3.05, 3.63) is 72.2 Å². The van der Waals surface area contributed by atoms with Gasteiger partial charge in [0, 0.05) is 17.4 Å². The Labute approximate surface area is 164 Å². The Morgan fingerprint density at radius 2 is 1.93 bits per heavy atom. The number of carbonyl (C=O) groups excluding carboxylic acids is 1. The number of nitrogens with one attached hydrogen (secondary N) is 1. The number of anilines is 3. The van der Waals surface area contributed by atoms with Gasteiger partial charge in [0.1, 0.15) is 17.3 Å². The zero-order chi connectivity index (χ0) is 19.5. The van der Waals surface area contributed by atoms with E-state index in [-0.39, 0.29) is 11.9 Å². The number of nitrogens with zero attached hydrogens (tertiary/aromatic N) is 3. The van der Waals surface area contributed by atoms with Crippen molar-refractivity contribution in [3.8, 4) is 5.75 Å². The fraction of sp³-hybridized carbons (Fsp3) is 0.227. The van der Waals surface area contributed by atoms with Crippen LogP contribution in [-0.2, 0) is 6.42 Å². The van der Waals surface area contributed by atoms with Crippen LogP contribution in [0.1, 0.15) is 29.9 Å². The maximum atomic E-state index is 13.0. The summed E-state index contributed by atoms with van der Waals surface area (Å²) in [4.78, 5) is 23.5. The summed E-state index contributed by atoms with van der Waals surface area (Å²) >= 11 is 0. The van der Waals surface area contributed by atoms with E-state index in [2.05, 4.69) is 21.4 Å². The number of fused-ring (bicyclic) bond motifs is 1. The molecule has 28 heavy (non-hydrogen) atoms. The predicted octanol–water partition coefficient (Wildman–Crippen LogP) is 4.21. The van der Waals surface area contributed by atoms with Crippen LogP contribution in [0.3, 0.4) is 0 Å². The lowest BCUT2D eigenvalue weighted by Crippen LogP contribution is -2.36. The van der Waals surface area contributed by atoms with E-state index >= 15 is 0 Å². The second-order valence-corrected chi connectivity index (χ2v) is 6.73. The van der Waals surface area contributed by atoms with Crippen LogP contribution < -0.4 is 15.0 Å². The van der Waals surface area contributed by atoms with Gasteiger partial charge in [-0.25, -0.2) is 9.97 Å². The van der Waals surface area contributed by atoms with Gasteiger partial charge in [-0.3, -0.25) is 4.79 Å². The maximum Gasteiger partial charge on any atom is 0.278 e. The van der Waals surface area contributed by atoms with Crippen molar-refractivity contribution >= 4 is 23.1 Å². The smallest absolute Gasteiger partial charge is 0.278 e. The molecule has 0 saturated heterocycles. The molecular formula is C22H22N4O2. The molecule has 6 nitrogen and oxygen atoms in total. The lowest BCUT2D eigenvalue weighted by atomic mass is 10.1. The topological polar surface area (TPSA) is 67.3 Å². The molecule has 0 radical (unpaired) electrons. The maximum absolute atomic E-state index is 13.0. The van der Waals surface area contributed by atoms with E-state index in [9.17, 15) is 4.79 Å². The summed E-state index contributed by atoms with van der Waals surface area (Å²) in [6.07, 6.45) is 3.95. The van der Waals surface area contributed by atoms with Crippen molar-refractivity contribution in [1.29, 1.82) is 0 Å². The van der Waals surface area contributed by atoms with Gasteiger partial charge in [-0.05, 0) is 56.2 Å². The normalized spacial score (nSPS) is 15.2. The summed E-state index contributed by atoms with van der Waals surface area (Å²) in [6, 6.07) is 15.7. The van der Waals surface area contributed by atoms with E-state index < -0.39 is 0 Å². The number of para-hydroxylation sites is 1. The first-order valence-corrected chi connectivity index (χ1v) is 9.39. The molecule has 1 aliphatic heterocycles. The molecule has 0 fully saturated rings. The molecule has 142 valence electrons. The molecule has 0 aliphatic carbocycles. The van der Waals surface area contributed by atoms with E-state index in [4.69, 9.17) is 4.74 Å². The Kier molecular flexibility index (Phi) is 4.93. The molecule has 1 N–H and O–H groups in total. The van der Waals surface area contributed by atoms with Crippen molar-refractivity contribution in [2.75, 3.05) is 16.8 Å². The third-order valence-corrected chi connectivity index (χ3v) is 4.73. The first-order valence-electron chi connectivity index (χ1n) is 9.39. The molecule has 1 amide bonds. The van der Waals surface area contributed by atoms with Crippen molar-refractivity contribution in [1.82, 2.24) is 9.97 Å². The van der Waals surface area contributed by atoms with Crippen LogP contribution in [0.2, 0.25) is 0 Å². The molecule has 1 unspecified atom stereocenters. The first-order chi connectivity index (χ1) is 13.7. The summed E-state index contributed by atoms with van der Waals surface area (Å²) < 4.78 is 5.44. The van der Waals surface area contributed by atoms with Gasteiger partial charge in [0.05, 0.1) is 19.0 Å². The molecule has 3 aromatic rings. The van der Waals surface area contributed by atoms with E-state index in [1.165, 1.54) is 11.8 Å². The van der Waals surface area contributed by atoms with Gasteiger partial charge in [-0.1, -0.05) is 18.2 Å². The number of ether oxygens (including phenoxy) is 1. The average Bonchev–Trinajstić information content (AvgIpc) is 3.05. The average molecular weight is 374 g/mol. The molecule has 0 bridgehead atoms. The highest BCUT2D eigenvalue weighted by atomic mass is 16.5. The number of hydrogen-bond acceptors (Lipinski definition) is 5. The molecule has 1 aliphatic rings. The molecule has 4 rings (SSSR count). The molecule has 6 heteroatoms. The van der Waals surface area contributed by atoms with E-state index in [1.54, 1.807) is 11.1 Å². The number of hydrogen-bond donors (Lipinski definition) is 1. The van der Waals surface area contributed by atoms with E-state index in [0.717, 1.165) is 23.5 Å². The number of carbonyl (C=O) groups is 1. The Bertz CT molecular complexity index is 971. The molecular weight excluding hydrogens is 352 g/mol.